The standard InChI is InChI=1S/C18H20FN5O2/c19-14-9-13(10-20-11-14)17(25)24-7-8-26-16(12-24)15-3-4-21-18(22-15)23-5-1-2-6-23/h3-4,9-11,16H,1-2,5-8,12H2. The predicted octanol–water partition coefficient (Wildman–Crippen LogP) is 1.82. The van der Waals surface area contributed by atoms with Gasteiger partial charge in [-0.05, 0) is 25.0 Å². The van der Waals surface area contributed by atoms with Crippen LogP contribution in [0.1, 0.15) is 35.0 Å². The molecule has 2 aliphatic heterocycles. The Hall–Kier alpha value is -2.61. The van der Waals surface area contributed by atoms with E-state index in [1.165, 1.54) is 12.3 Å². The van der Waals surface area contributed by atoms with E-state index in [2.05, 4.69) is 19.9 Å². The molecule has 2 fully saturated rings. The Bertz CT molecular complexity index is 797. The summed E-state index contributed by atoms with van der Waals surface area (Å²) in [4.78, 5) is 29.2. The summed E-state index contributed by atoms with van der Waals surface area (Å²) in [7, 11) is 0. The summed E-state index contributed by atoms with van der Waals surface area (Å²) < 4.78 is 19.2. The van der Waals surface area contributed by atoms with E-state index in [0.29, 0.717) is 25.6 Å². The summed E-state index contributed by atoms with van der Waals surface area (Å²) >= 11 is 0. The molecule has 0 radical (unpaired) electrons. The molecular formula is C18H20FN5O2. The summed E-state index contributed by atoms with van der Waals surface area (Å²) in [5.41, 5.74) is 1.00. The topological polar surface area (TPSA) is 71.5 Å². The van der Waals surface area contributed by atoms with Crippen LogP contribution in [0.2, 0.25) is 0 Å². The fourth-order valence-electron chi connectivity index (χ4n) is 3.33. The maximum atomic E-state index is 13.3. The van der Waals surface area contributed by atoms with Gasteiger partial charge in [0.25, 0.3) is 5.91 Å². The van der Waals surface area contributed by atoms with Crippen LogP contribution in [0.15, 0.2) is 30.7 Å². The lowest BCUT2D eigenvalue weighted by atomic mass is 10.1. The second-order valence-electron chi connectivity index (χ2n) is 6.48. The molecule has 0 bridgehead atoms. The van der Waals surface area contributed by atoms with Crippen LogP contribution in [-0.2, 0) is 4.74 Å². The zero-order valence-corrected chi connectivity index (χ0v) is 14.3. The molecular weight excluding hydrogens is 337 g/mol. The third kappa shape index (κ3) is 3.50. The second kappa shape index (κ2) is 7.33. The van der Waals surface area contributed by atoms with Crippen LogP contribution in [-0.4, -0.2) is 58.5 Å². The molecule has 8 heteroatoms. The van der Waals surface area contributed by atoms with Crippen molar-refractivity contribution in [3.05, 3.63) is 47.8 Å². The minimum atomic E-state index is -0.522. The van der Waals surface area contributed by atoms with Crippen molar-refractivity contribution < 1.29 is 13.9 Å². The van der Waals surface area contributed by atoms with Gasteiger partial charge in [-0.2, -0.15) is 0 Å². The lowest BCUT2D eigenvalue weighted by Crippen LogP contribution is -2.42. The van der Waals surface area contributed by atoms with Crippen molar-refractivity contribution in [3.8, 4) is 0 Å². The third-order valence-corrected chi connectivity index (χ3v) is 4.69. The highest BCUT2D eigenvalue weighted by Gasteiger charge is 2.28. The van der Waals surface area contributed by atoms with Gasteiger partial charge in [-0.25, -0.2) is 14.4 Å². The van der Waals surface area contributed by atoms with Crippen molar-refractivity contribution in [3.63, 3.8) is 0 Å². The molecule has 4 heterocycles. The van der Waals surface area contributed by atoms with Gasteiger partial charge in [0.2, 0.25) is 5.95 Å². The summed E-state index contributed by atoms with van der Waals surface area (Å²) in [5, 5.41) is 0. The lowest BCUT2D eigenvalue weighted by molar-refractivity contribution is -0.0247. The van der Waals surface area contributed by atoms with Crippen LogP contribution in [0.25, 0.3) is 0 Å². The Morgan fingerprint density at radius 1 is 1.23 bits per heavy atom. The molecule has 0 saturated carbocycles. The third-order valence-electron chi connectivity index (χ3n) is 4.69. The first-order chi connectivity index (χ1) is 12.7. The number of aromatic nitrogens is 3. The number of carbonyl (C=O) groups excluding carboxylic acids is 1. The molecule has 2 aromatic rings. The Morgan fingerprint density at radius 2 is 2.08 bits per heavy atom. The van der Waals surface area contributed by atoms with Gasteiger partial charge in [0.15, 0.2) is 0 Å². The minimum Gasteiger partial charge on any atom is -0.368 e. The highest BCUT2D eigenvalue weighted by Crippen LogP contribution is 2.24. The molecule has 2 aromatic heterocycles. The van der Waals surface area contributed by atoms with Gasteiger partial charge in [0.05, 0.1) is 30.6 Å². The molecule has 1 atom stereocenters. The van der Waals surface area contributed by atoms with E-state index < -0.39 is 5.82 Å². The number of anilines is 1. The number of hydrogen-bond acceptors (Lipinski definition) is 6. The lowest BCUT2D eigenvalue weighted by Gasteiger charge is -2.33. The molecule has 2 saturated heterocycles. The number of rotatable bonds is 3. The number of morpholine rings is 1. The van der Waals surface area contributed by atoms with Crippen molar-refractivity contribution in [2.24, 2.45) is 0 Å². The van der Waals surface area contributed by atoms with Crippen molar-refractivity contribution in [2.75, 3.05) is 37.7 Å². The van der Waals surface area contributed by atoms with E-state index >= 15 is 0 Å². The van der Waals surface area contributed by atoms with Gasteiger partial charge >= 0.3 is 0 Å². The fourth-order valence-corrected chi connectivity index (χ4v) is 3.33. The van der Waals surface area contributed by atoms with Crippen molar-refractivity contribution in [1.29, 1.82) is 0 Å². The highest BCUT2D eigenvalue weighted by atomic mass is 19.1. The summed E-state index contributed by atoms with van der Waals surface area (Å²) in [6.45, 7) is 3.15. The van der Waals surface area contributed by atoms with Crippen molar-refractivity contribution >= 4 is 11.9 Å². The van der Waals surface area contributed by atoms with Crippen LogP contribution in [0, 0.1) is 5.82 Å². The molecule has 1 amide bonds. The predicted molar refractivity (Wildman–Crippen MR) is 92.3 cm³/mol. The van der Waals surface area contributed by atoms with E-state index in [1.54, 1.807) is 11.1 Å². The summed E-state index contributed by atoms with van der Waals surface area (Å²) in [6.07, 6.45) is 6.18. The van der Waals surface area contributed by atoms with Crippen LogP contribution in [0.4, 0.5) is 10.3 Å². The summed E-state index contributed by atoms with van der Waals surface area (Å²) in [5.74, 6) is -0.0628. The summed E-state index contributed by atoms with van der Waals surface area (Å²) in [6, 6.07) is 3.03. The quantitative estimate of drug-likeness (QED) is 0.835. The van der Waals surface area contributed by atoms with Gasteiger partial charge in [-0.1, -0.05) is 0 Å². The number of amides is 1. The minimum absolute atomic E-state index is 0.242. The fraction of sp³-hybridized carbons (Fsp3) is 0.444. The van der Waals surface area contributed by atoms with Gasteiger partial charge in [0.1, 0.15) is 11.9 Å². The number of pyridine rings is 1. The van der Waals surface area contributed by atoms with E-state index in [1.807, 2.05) is 6.07 Å². The normalized spacial score (nSPS) is 20.4. The first kappa shape index (κ1) is 16.8. The van der Waals surface area contributed by atoms with Crippen LogP contribution >= 0.6 is 0 Å². The molecule has 0 aromatic carbocycles. The molecule has 136 valence electrons. The Labute approximate surface area is 150 Å². The first-order valence-electron chi connectivity index (χ1n) is 8.80. The smallest absolute Gasteiger partial charge is 0.255 e. The van der Waals surface area contributed by atoms with Gasteiger partial charge in [0, 0.05) is 32.0 Å². The molecule has 1 unspecified atom stereocenters. The van der Waals surface area contributed by atoms with Gasteiger partial charge in [-0.3, -0.25) is 9.78 Å². The Morgan fingerprint density at radius 3 is 2.88 bits per heavy atom. The van der Waals surface area contributed by atoms with Crippen molar-refractivity contribution in [1.82, 2.24) is 19.9 Å². The monoisotopic (exact) mass is 357 g/mol. The molecule has 0 spiro atoms. The number of nitrogens with zero attached hydrogens (tertiary/aromatic N) is 5. The van der Waals surface area contributed by atoms with Gasteiger partial charge < -0.3 is 14.5 Å². The molecule has 4 rings (SSSR count). The molecule has 26 heavy (non-hydrogen) atoms. The Balaban J connectivity index is 1.50. The average molecular weight is 357 g/mol. The van der Waals surface area contributed by atoms with Crippen molar-refractivity contribution in [2.45, 2.75) is 18.9 Å². The maximum Gasteiger partial charge on any atom is 0.255 e. The number of halogens is 1. The highest BCUT2D eigenvalue weighted by molar-refractivity contribution is 5.94. The molecule has 7 nitrogen and oxygen atoms in total. The van der Waals surface area contributed by atoms with Crippen LogP contribution < -0.4 is 4.90 Å². The largest absolute Gasteiger partial charge is 0.368 e. The average Bonchev–Trinajstić information content (AvgIpc) is 3.22. The van der Waals surface area contributed by atoms with E-state index in [0.717, 1.165) is 37.8 Å². The van der Waals surface area contributed by atoms with E-state index in [-0.39, 0.29) is 17.6 Å². The van der Waals surface area contributed by atoms with Crippen LogP contribution in [0.5, 0.6) is 0 Å². The van der Waals surface area contributed by atoms with E-state index in [9.17, 15) is 9.18 Å². The molecule has 2 aliphatic rings. The first-order valence-corrected chi connectivity index (χ1v) is 8.80. The second-order valence-corrected chi connectivity index (χ2v) is 6.48. The van der Waals surface area contributed by atoms with E-state index in [4.69, 9.17) is 4.74 Å². The number of carbonyl (C=O) groups is 1. The number of ether oxygens (including phenoxy) is 1. The Kier molecular flexibility index (Phi) is 4.75. The zero-order valence-electron chi connectivity index (χ0n) is 14.3. The van der Waals surface area contributed by atoms with Crippen LogP contribution in [0.3, 0.4) is 0 Å². The molecule has 0 N–H and O–H groups in total. The maximum absolute atomic E-state index is 13.3. The SMILES string of the molecule is O=C(c1cncc(F)c1)N1CCOC(c2ccnc(N3CCCC3)n2)C1. The number of hydrogen-bond donors (Lipinski definition) is 0. The molecule has 0 aliphatic carbocycles. The zero-order chi connectivity index (χ0) is 17.9. The van der Waals surface area contributed by atoms with Gasteiger partial charge in [-0.15, -0.1) is 0 Å².